The summed E-state index contributed by atoms with van der Waals surface area (Å²) in [6, 6.07) is 6.63. The molecule has 6 heteroatoms. The van der Waals surface area contributed by atoms with E-state index in [9.17, 15) is 14.4 Å². The minimum Gasteiger partial charge on any atom is -0.353 e. The maximum absolute atomic E-state index is 12.2. The van der Waals surface area contributed by atoms with Crippen molar-refractivity contribution in [2.45, 2.75) is 25.3 Å². The first kappa shape index (κ1) is 14.7. The lowest BCUT2D eigenvalue weighted by Crippen LogP contribution is -2.48. The van der Waals surface area contributed by atoms with Crippen LogP contribution >= 0.6 is 0 Å². The Kier molecular flexibility index (Phi) is 4.20. The van der Waals surface area contributed by atoms with Crippen molar-refractivity contribution < 1.29 is 14.4 Å². The van der Waals surface area contributed by atoms with Crippen molar-refractivity contribution in [1.82, 2.24) is 15.5 Å². The number of hydrogen-bond acceptors (Lipinski definition) is 4. The molecule has 2 aliphatic heterocycles. The molecule has 1 saturated heterocycles. The minimum atomic E-state index is -0.286. The summed E-state index contributed by atoms with van der Waals surface area (Å²) in [4.78, 5) is 37.5. The lowest BCUT2D eigenvalue weighted by molar-refractivity contribution is -0.123. The van der Waals surface area contributed by atoms with Gasteiger partial charge in [0.15, 0.2) is 0 Å². The second-order valence-corrected chi connectivity index (χ2v) is 5.60. The molecule has 1 atom stereocenters. The number of amides is 3. The molecule has 2 heterocycles. The molecule has 0 aliphatic carbocycles. The minimum absolute atomic E-state index is 0.0590. The number of carbonyl (C=O) groups excluding carboxylic acids is 3. The molecule has 3 rings (SSSR count). The fourth-order valence-electron chi connectivity index (χ4n) is 2.93. The number of hydrogen-bond donors (Lipinski definition) is 2. The molecule has 0 spiro atoms. The average Bonchev–Trinajstić information content (AvgIpc) is 2.81. The van der Waals surface area contributed by atoms with Crippen LogP contribution in [0, 0.1) is 0 Å². The van der Waals surface area contributed by atoms with E-state index in [-0.39, 0.29) is 36.9 Å². The molecule has 1 aromatic rings. The molecular formula is C16H19N3O3. The van der Waals surface area contributed by atoms with Crippen LogP contribution in [-0.2, 0) is 4.79 Å². The number of imide groups is 1. The highest BCUT2D eigenvalue weighted by Gasteiger charge is 2.34. The summed E-state index contributed by atoms with van der Waals surface area (Å²) in [5.74, 6) is -0.632. The van der Waals surface area contributed by atoms with Gasteiger partial charge in [-0.15, -0.1) is 0 Å². The third-order valence-electron chi connectivity index (χ3n) is 4.14. The van der Waals surface area contributed by atoms with Crippen molar-refractivity contribution in [3.8, 4) is 0 Å². The molecule has 0 saturated carbocycles. The predicted octanol–water partition coefficient (Wildman–Crippen LogP) is 0.541. The zero-order valence-electron chi connectivity index (χ0n) is 12.3. The molecular weight excluding hydrogens is 282 g/mol. The Morgan fingerprint density at radius 1 is 1.18 bits per heavy atom. The molecule has 0 radical (unpaired) electrons. The van der Waals surface area contributed by atoms with E-state index in [0.717, 1.165) is 25.8 Å². The van der Waals surface area contributed by atoms with Crippen molar-refractivity contribution in [2.75, 3.05) is 19.6 Å². The van der Waals surface area contributed by atoms with Crippen LogP contribution in [-0.4, -0.2) is 48.3 Å². The van der Waals surface area contributed by atoms with Gasteiger partial charge in [0.05, 0.1) is 17.2 Å². The Labute approximate surface area is 128 Å². The fraction of sp³-hybridized carbons (Fsp3) is 0.438. The Hall–Kier alpha value is -2.21. The number of nitrogens with zero attached hydrogens (tertiary/aromatic N) is 1. The number of benzene rings is 1. The molecule has 2 N–H and O–H groups in total. The van der Waals surface area contributed by atoms with Crippen LogP contribution in [0.3, 0.4) is 0 Å². The van der Waals surface area contributed by atoms with E-state index in [1.807, 2.05) is 0 Å². The SMILES string of the molecule is O=C(NCCN1C(=O)c2ccccc2C1=O)C1CCCCN1. The van der Waals surface area contributed by atoms with Gasteiger partial charge in [-0.1, -0.05) is 18.6 Å². The topological polar surface area (TPSA) is 78.5 Å². The Morgan fingerprint density at radius 3 is 2.45 bits per heavy atom. The van der Waals surface area contributed by atoms with Gasteiger partial charge >= 0.3 is 0 Å². The molecule has 1 aromatic carbocycles. The Morgan fingerprint density at radius 2 is 1.86 bits per heavy atom. The highest BCUT2D eigenvalue weighted by molar-refractivity contribution is 6.21. The van der Waals surface area contributed by atoms with Crippen LogP contribution < -0.4 is 10.6 Å². The normalized spacial score (nSPS) is 20.9. The summed E-state index contributed by atoms with van der Waals surface area (Å²) in [6.07, 6.45) is 2.97. The molecule has 0 bridgehead atoms. The first-order valence-corrected chi connectivity index (χ1v) is 7.65. The first-order valence-electron chi connectivity index (χ1n) is 7.65. The maximum Gasteiger partial charge on any atom is 0.261 e. The largest absolute Gasteiger partial charge is 0.353 e. The van der Waals surface area contributed by atoms with Crippen molar-refractivity contribution in [2.24, 2.45) is 0 Å². The van der Waals surface area contributed by atoms with Gasteiger partial charge in [-0.2, -0.15) is 0 Å². The van der Waals surface area contributed by atoms with Gasteiger partial charge in [0.25, 0.3) is 11.8 Å². The van der Waals surface area contributed by atoms with E-state index in [1.54, 1.807) is 24.3 Å². The van der Waals surface area contributed by atoms with Gasteiger partial charge in [-0.25, -0.2) is 0 Å². The highest BCUT2D eigenvalue weighted by atomic mass is 16.2. The number of nitrogens with one attached hydrogen (secondary N) is 2. The molecule has 6 nitrogen and oxygen atoms in total. The standard InChI is InChI=1S/C16H19N3O3/c20-14(13-7-3-4-8-17-13)18-9-10-19-15(21)11-5-1-2-6-12(11)16(19)22/h1-2,5-6,13,17H,3-4,7-10H2,(H,18,20). The Bertz CT molecular complexity index is 573. The first-order chi connectivity index (χ1) is 10.7. The van der Waals surface area contributed by atoms with Gasteiger partial charge in [0.1, 0.15) is 0 Å². The number of piperidine rings is 1. The third kappa shape index (κ3) is 2.74. The summed E-state index contributed by atoms with van der Waals surface area (Å²) in [7, 11) is 0. The van der Waals surface area contributed by atoms with Crippen LogP contribution in [0.25, 0.3) is 0 Å². The monoisotopic (exact) mass is 301 g/mol. The fourth-order valence-corrected chi connectivity index (χ4v) is 2.93. The van der Waals surface area contributed by atoms with Crippen LogP contribution in [0.4, 0.5) is 0 Å². The van der Waals surface area contributed by atoms with Gasteiger partial charge in [-0.3, -0.25) is 19.3 Å². The van der Waals surface area contributed by atoms with Gasteiger partial charge in [-0.05, 0) is 31.5 Å². The van der Waals surface area contributed by atoms with Crippen LogP contribution in [0.5, 0.6) is 0 Å². The smallest absolute Gasteiger partial charge is 0.261 e. The average molecular weight is 301 g/mol. The molecule has 0 aromatic heterocycles. The number of fused-ring (bicyclic) bond motifs is 1. The lowest BCUT2D eigenvalue weighted by Gasteiger charge is -2.23. The lowest BCUT2D eigenvalue weighted by atomic mass is 10.0. The van der Waals surface area contributed by atoms with Gasteiger partial charge in [0.2, 0.25) is 5.91 Å². The molecule has 22 heavy (non-hydrogen) atoms. The van der Waals surface area contributed by atoms with E-state index >= 15 is 0 Å². The number of rotatable bonds is 4. The van der Waals surface area contributed by atoms with Crippen molar-refractivity contribution in [1.29, 1.82) is 0 Å². The summed E-state index contributed by atoms with van der Waals surface area (Å²) in [6.45, 7) is 1.34. The second kappa shape index (κ2) is 6.27. The van der Waals surface area contributed by atoms with Crippen LogP contribution in [0.1, 0.15) is 40.0 Å². The molecule has 3 amide bonds. The zero-order chi connectivity index (χ0) is 15.5. The van der Waals surface area contributed by atoms with E-state index in [4.69, 9.17) is 0 Å². The summed E-state index contributed by atoms with van der Waals surface area (Å²) in [5.41, 5.74) is 0.876. The second-order valence-electron chi connectivity index (χ2n) is 5.60. The number of carbonyl (C=O) groups is 3. The Balaban J connectivity index is 1.53. The van der Waals surface area contributed by atoms with E-state index in [1.165, 1.54) is 4.90 Å². The predicted molar refractivity (Wildman–Crippen MR) is 80.5 cm³/mol. The summed E-state index contributed by atoms with van der Waals surface area (Å²) >= 11 is 0. The van der Waals surface area contributed by atoms with Crippen molar-refractivity contribution in [3.05, 3.63) is 35.4 Å². The quantitative estimate of drug-likeness (QED) is 0.796. The van der Waals surface area contributed by atoms with Crippen molar-refractivity contribution >= 4 is 17.7 Å². The molecule has 116 valence electrons. The van der Waals surface area contributed by atoms with Crippen LogP contribution in [0.15, 0.2) is 24.3 Å². The van der Waals surface area contributed by atoms with E-state index < -0.39 is 0 Å². The molecule has 1 fully saturated rings. The van der Waals surface area contributed by atoms with Gasteiger partial charge in [0, 0.05) is 13.1 Å². The van der Waals surface area contributed by atoms with E-state index in [2.05, 4.69) is 10.6 Å². The maximum atomic E-state index is 12.2. The summed E-state index contributed by atoms with van der Waals surface area (Å²) in [5, 5.41) is 5.97. The van der Waals surface area contributed by atoms with Crippen LogP contribution in [0.2, 0.25) is 0 Å². The summed E-state index contributed by atoms with van der Waals surface area (Å²) < 4.78 is 0. The van der Waals surface area contributed by atoms with E-state index in [0.29, 0.717) is 11.1 Å². The molecule has 2 aliphatic rings. The van der Waals surface area contributed by atoms with Gasteiger partial charge < -0.3 is 10.6 Å². The molecule has 1 unspecified atom stereocenters. The zero-order valence-corrected chi connectivity index (χ0v) is 12.3. The van der Waals surface area contributed by atoms with Crippen molar-refractivity contribution in [3.63, 3.8) is 0 Å². The highest BCUT2D eigenvalue weighted by Crippen LogP contribution is 2.21. The third-order valence-corrected chi connectivity index (χ3v) is 4.14.